The lowest BCUT2D eigenvalue weighted by molar-refractivity contribution is -0.115. The van der Waals surface area contributed by atoms with Crippen LogP contribution in [0.4, 0.5) is 24.5 Å². The summed E-state index contributed by atoms with van der Waals surface area (Å²) in [5.74, 6) is -0.161. The molecule has 1 aromatic heterocycles. The van der Waals surface area contributed by atoms with Crippen LogP contribution >= 0.6 is 0 Å². The van der Waals surface area contributed by atoms with Crippen LogP contribution in [-0.2, 0) is 16.6 Å². The number of sulfonamides is 1. The van der Waals surface area contributed by atoms with E-state index in [2.05, 4.69) is 15.4 Å². The van der Waals surface area contributed by atoms with Crippen LogP contribution in [0.25, 0.3) is 0 Å². The zero-order valence-corrected chi connectivity index (χ0v) is 16.8. The van der Waals surface area contributed by atoms with Gasteiger partial charge in [0.2, 0.25) is 10.0 Å². The van der Waals surface area contributed by atoms with Gasteiger partial charge in [0.15, 0.2) is 0 Å². The summed E-state index contributed by atoms with van der Waals surface area (Å²) in [6.07, 6.45) is -2.99. The minimum Gasteiger partial charge on any atom is -0.468 e. The summed E-state index contributed by atoms with van der Waals surface area (Å²) >= 11 is 0. The first kappa shape index (κ1) is 22.4. The number of alkyl halides is 3. The second-order valence-electron chi connectivity index (χ2n) is 6.40. The van der Waals surface area contributed by atoms with Crippen LogP contribution < -0.4 is 15.4 Å². The molecule has 1 amide bonds. The van der Waals surface area contributed by atoms with Crippen molar-refractivity contribution in [1.82, 2.24) is 4.72 Å². The Labute approximate surface area is 176 Å². The smallest absolute Gasteiger partial charge is 0.405 e. The van der Waals surface area contributed by atoms with E-state index in [1.807, 2.05) is 0 Å². The van der Waals surface area contributed by atoms with E-state index in [0.717, 1.165) is 0 Å². The number of rotatable bonds is 8. The van der Waals surface area contributed by atoms with Crippen molar-refractivity contribution >= 4 is 27.3 Å². The maximum atomic E-state index is 12.5. The molecule has 0 unspecified atom stereocenters. The lowest BCUT2D eigenvalue weighted by Crippen LogP contribution is -2.23. The molecule has 11 heteroatoms. The van der Waals surface area contributed by atoms with E-state index in [9.17, 15) is 26.4 Å². The quantitative estimate of drug-likeness (QED) is 0.479. The fourth-order valence-electron chi connectivity index (χ4n) is 2.58. The van der Waals surface area contributed by atoms with Gasteiger partial charge in [-0.25, -0.2) is 13.1 Å². The van der Waals surface area contributed by atoms with Crippen LogP contribution in [0.1, 0.15) is 16.1 Å². The van der Waals surface area contributed by atoms with Crippen LogP contribution in [0, 0.1) is 0 Å². The van der Waals surface area contributed by atoms with Gasteiger partial charge in [0.1, 0.15) is 12.3 Å². The monoisotopic (exact) mass is 453 g/mol. The normalized spacial score (nSPS) is 11.8. The summed E-state index contributed by atoms with van der Waals surface area (Å²) in [4.78, 5) is 12.4. The number of hydrogen-bond acceptors (Lipinski definition) is 5. The van der Waals surface area contributed by atoms with Gasteiger partial charge in [-0.3, -0.25) is 4.79 Å². The molecule has 0 saturated heterocycles. The summed E-state index contributed by atoms with van der Waals surface area (Å²) in [5.41, 5.74) is 0.402. The van der Waals surface area contributed by atoms with E-state index in [1.165, 1.54) is 48.7 Å². The Hall–Kier alpha value is -3.31. The van der Waals surface area contributed by atoms with Gasteiger partial charge in [0.25, 0.3) is 5.91 Å². The van der Waals surface area contributed by atoms with Gasteiger partial charge in [-0.2, -0.15) is 13.2 Å². The SMILES string of the molecule is O=C(Nc1ccccc1NCC(F)(F)F)c1ccc(S(=O)(=O)NCc2ccco2)cc1. The van der Waals surface area contributed by atoms with Crippen molar-refractivity contribution < 1.29 is 30.8 Å². The standard InChI is InChI=1S/C20H18F3N3O4S/c21-20(22,23)13-24-17-5-1-2-6-18(17)26-19(27)14-7-9-16(10-8-14)31(28,29)25-12-15-4-3-11-30-15/h1-11,24-25H,12-13H2,(H,26,27). The first-order valence-electron chi connectivity index (χ1n) is 8.97. The predicted molar refractivity (Wildman–Crippen MR) is 108 cm³/mol. The molecular formula is C20H18F3N3O4S. The summed E-state index contributed by atoms with van der Waals surface area (Å²) < 4.78 is 69.5. The molecule has 0 bridgehead atoms. The molecule has 2 aromatic carbocycles. The number of amides is 1. The van der Waals surface area contributed by atoms with E-state index in [1.54, 1.807) is 18.2 Å². The van der Waals surface area contributed by atoms with Crippen molar-refractivity contribution in [2.75, 3.05) is 17.2 Å². The maximum Gasteiger partial charge on any atom is 0.405 e. The van der Waals surface area contributed by atoms with Crippen LogP contribution in [0.5, 0.6) is 0 Å². The van der Waals surface area contributed by atoms with Gasteiger partial charge < -0.3 is 15.1 Å². The van der Waals surface area contributed by atoms with Crippen molar-refractivity contribution in [2.24, 2.45) is 0 Å². The first-order chi connectivity index (χ1) is 14.6. The minimum absolute atomic E-state index is 0.0285. The van der Waals surface area contributed by atoms with Crippen LogP contribution in [0.15, 0.2) is 76.2 Å². The molecule has 31 heavy (non-hydrogen) atoms. The minimum atomic E-state index is -4.41. The summed E-state index contributed by atoms with van der Waals surface area (Å²) in [5, 5.41) is 4.75. The average molecular weight is 453 g/mol. The number of carbonyl (C=O) groups excluding carboxylic acids is 1. The highest BCUT2D eigenvalue weighted by Gasteiger charge is 2.27. The Balaban J connectivity index is 1.67. The fraction of sp³-hybridized carbons (Fsp3) is 0.150. The molecule has 3 aromatic rings. The Morgan fingerprint density at radius 1 is 0.935 bits per heavy atom. The Morgan fingerprint density at radius 3 is 2.23 bits per heavy atom. The van der Waals surface area contributed by atoms with E-state index < -0.39 is 28.7 Å². The number of nitrogens with one attached hydrogen (secondary N) is 3. The Kier molecular flexibility index (Phi) is 6.66. The van der Waals surface area contributed by atoms with Gasteiger partial charge in [-0.15, -0.1) is 0 Å². The third-order valence-corrected chi connectivity index (χ3v) is 5.52. The third-order valence-electron chi connectivity index (χ3n) is 4.10. The van der Waals surface area contributed by atoms with Gasteiger partial charge in [-0.05, 0) is 48.5 Å². The topological polar surface area (TPSA) is 100 Å². The molecule has 0 aliphatic heterocycles. The highest BCUT2D eigenvalue weighted by Crippen LogP contribution is 2.24. The largest absolute Gasteiger partial charge is 0.468 e. The molecule has 7 nitrogen and oxygen atoms in total. The summed E-state index contributed by atoms with van der Waals surface area (Å²) in [6.45, 7) is -1.28. The zero-order valence-electron chi connectivity index (χ0n) is 15.9. The molecule has 1 heterocycles. The molecule has 164 valence electrons. The zero-order chi connectivity index (χ0) is 22.5. The van der Waals surface area contributed by atoms with Crippen molar-refractivity contribution in [1.29, 1.82) is 0 Å². The van der Waals surface area contributed by atoms with Crippen LogP contribution in [0.3, 0.4) is 0 Å². The van der Waals surface area contributed by atoms with Gasteiger partial charge in [-0.1, -0.05) is 12.1 Å². The third kappa shape index (κ3) is 6.33. The number of benzene rings is 2. The number of halogens is 3. The first-order valence-corrected chi connectivity index (χ1v) is 10.5. The van der Waals surface area contributed by atoms with E-state index in [4.69, 9.17) is 4.42 Å². The fourth-order valence-corrected chi connectivity index (χ4v) is 3.58. The van der Waals surface area contributed by atoms with Crippen molar-refractivity contribution in [2.45, 2.75) is 17.6 Å². The lowest BCUT2D eigenvalue weighted by atomic mass is 10.2. The second-order valence-corrected chi connectivity index (χ2v) is 8.16. The van der Waals surface area contributed by atoms with Gasteiger partial charge in [0.05, 0.1) is 29.1 Å². The predicted octanol–water partition coefficient (Wildman–Crippen LogP) is 3.98. The molecule has 0 fully saturated rings. The Bertz CT molecular complexity index is 1130. The van der Waals surface area contributed by atoms with E-state index in [0.29, 0.717) is 5.76 Å². The Morgan fingerprint density at radius 2 is 1.61 bits per heavy atom. The number of para-hydroxylation sites is 2. The van der Waals surface area contributed by atoms with Crippen molar-refractivity contribution in [3.05, 3.63) is 78.3 Å². The van der Waals surface area contributed by atoms with E-state index >= 15 is 0 Å². The second kappa shape index (κ2) is 9.23. The number of anilines is 2. The molecule has 0 aliphatic carbocycles. The number of furan rings is 1. The molecular weight excluding hydrogens is 435 g/mol. The molecule has 3 N–H and O–H groups in total. The highest BCUT2D eigenvalue weighted by molar-refractivity contribution is 7.89. The van der Waals surface area contributed by atoms with Gasteiger partial charge >= 0.3 is 6.18 Å². The molecule has 0 spiro atoms. The number of hydrogen-bond donors (Lipinski definition) is 3. The van der Waals surface area contributed by atoms with Crippen molar-refractivity contribution in [3.63, 3.8) is 0 Å². The maximum absolute atomic E-state index is 12.5. The summed E-state index contributed by atoms with van der Waals surface area (Å²) in [6, 6.07) is 14.3. The average Bonchev–Trinajstić information content (AvgIpc) is 3.25. The molecule has 0 atom stereocenters. The van der Waals surface area contributed by atoms with Crippen molar-refractivity contribution in [3.8, 4) is 0 Å². The lowest BCUT2D eigenvalue weighted by Gasteiger charge is -2.14. The van der Waals surface area contributed by atoms with E-state index in [-0.39, 0.29) is 28.4 Å². The molecule has 0 saturated carbocycles. The molecule has 0 radical (unpaired) electrons. The van der Waals surface area contributed by atoms with Crippen LogP contribution in [-0.4, -0.2) is 27.0 Å². The summed E-state index contributed by atoms with van der Waals surface area (Å²) in [7, 11) is -3.82. The van der Waals surface area contributed by atoms with Crippen LogP contribution in [0.2, 0.25) is 0 Å². The molecule has 0 aliphatic rings. The van der Waals surface area contributed by atoms with Gasteiger partial charge in [0, 0.05) is 5.56 Å². The molecule has 3 rings (SSSR count). The highest BCUT2D eigenvalue weighted by atomic mass is 32.2. The number of carbonyl (C=O) groups is 1.